The molecule has 6 nitrogen and oxygen atoms in total. The van der Waals surface area contributed by atoms with Crippen molar-refractivity contribution in [3.8, 4) is 10.6 Å². The van der Waals surface area contributed by atoms with Crippen LogP contribution in [0.4, 0.5) is 5.82 Å². The van der Waals surface area contributed by atoms with E-state index in [1.807, 2.05) is 24.4 Å². The molecule has 2 aromatic heterocycles. The topological polar surface area (TPSA) is 90.0 Å². The van der Waals surface area contributed by atoms with Crippen LogP contribution in [0.2, 0.25) is 0 Å². The molecule has 2 rings (SSSR count). The van der Waals surface area contributed by atoms with Crippen molar-refractivity contribution in [2.45, 2.75) is 19.9 Å². The summed E-state index contributed by atoms with van der Waals surface area (Å²) in [5.41, 5.74) is 6.74. The number of nitrogen functional groups attached to an aromatic ring is 1. The number of anilines is 1. The Morgan fingerprint density at radius 1 is 1.60 bits per heavy atom. The Balaban J connectivity index is 2.27. The van der Waals surface area contributed by atoms with Gasteiger partial charge < -0.3 is 11.1 Å². The van der Waals surface area contributed by atoms with Crippen LogP contribution in [0.1, 0.15) is 23.7 Å². The van der Waals surface area contributed by atoms with Crippen molar-refractivity contribution >= 4 is 29.3 Å². The predicted molar refractivity (Wildman–Crippen MR) is 78.6 cm³/mol. The predicted octanol–water partition coefficient (Wildman–Crippen LogP) is 1.53. The number of carbonyl (C=O) groups excluding carboxylic acids is 2. The van der Waals surface area contributed by atoms with E-state index < -0.39 is 0 Å². The lowest BCUT2D eigenvalue weighted by atomic mass is 10.2. The first kappa shape index (κ1) is 14.3. The minimum absolute atomic E-state index is 0.0120. The monoisotopic (exact) mass is 292 g/mol. The lowest BCUT2D eigenvalue weighted by molar-refractivity contribution is -0.121. The molecule has 0 saturated heterocycles. The molecule has 0 atom stereocenters. The van der Waals surface area contributed by atoms with E-state index in [1.54, 1.807) is 0 Å². The first-order valence-electron chi connectivity index (χ1n) is 6.29. The number of amides is 1. The lowest BCUT2D eigenvalue weighted by Gasteiger charge is -2.05. The number of aldehydes is 1. The summed E-state index contributed by atoms with van der Waals surface area (Å²) in [6.07, 6.45) is 1.54. The molecule has 106 valence electrons. The molecule has 0 unspecified atom stereocenters. The smallest absolute Gasteiger partial charge is 0.241 e. The average Bonchev–Trinajstić information content (AvgIpc) is 3.05. The first-order valence-corrected chi connectivity index (χ1v) is 7.17. The van der Waals surface area contributed by atoms with Gasteiger partial charge in [0, 0.05) is 6.54 Å². The molecule has 2 heterocycles. The third-order valence-corrected chi connectivity index (χ3v) is 3.64. The maximum absolute atomic E-state index is 11.7. The SMILES string of the molecule is CCCNC(=O)Cn1nc(-c2cccs2)c(C=O)c1N. The molecule has 7 heteroatoms. The number of aromatic nitrogens is 2. The van der Waals surface area contributed by atoms with Crippen molar-refractivity contribution in [1.29, 1.82) is 0 Å². The molecular weight excluding hydrogens is 276 g/mol. The van der Waals surface area contributed by atoms with Crippen LogP contribution in [0, 0.1) is 0 Å². The van der Waals surface area contributed by atoms with Crippen molar-refractivity contribution in [3.63, 3.8) is 0 Å². The Morgan fingerprint density at radius 3 is 3.00 bits per heavy atom. The van der Waals surface area contributed by atoms with E-state index in [0.29, 0.717) is 24.1 Å². The number of thiophene rings is 1. The van der Waals surface area contributed by atoms with Gasteiger partial charge in [-0.3, -0.25) is 9.59 Å². The van der Waals surface area contributed by atoms with Gasteiger partial charge >= 0.3 is 0 Å². The number of carbonyl (C=O) groups is 2. The van der Waals surface area contributed by atoms with Gasteiger partial charge in [-0.2, -0.15) is 5.10 Å². The molecule has 0 aliphatic rings. The maximum Gasteiger partial charge on any atom is 0.241 e. The Bertz CT molecular complexity index is 604. The summed E-state index contributed by atoms with van der Waals surface area (Å²) >= 11 is 1.47. The van der Waals surface area contributed by atoms with Crippen LogP contribution >= 0.6 is 11.3 Å². The maximum atomic E-state index is 11.7. The van der Waals surface area contributed by atoms with Gasteiger partial charge in [0.05, 0.1) is 10.4 Å². The minimum atomic E-state index is -0.170. The van der Waals surface area contributed by atoms with Gasteiger partial charge in [-0.15, -0.1) is 11.3 Å². The molecule has 3 N–H and O–H groups in total. The Morgan fingerprint density at radius 2 is 2.40 bits per heavy atom. The Hall–Kier alpha value is -2.15. The average molecular weight is 292 g/mol. The van der Waals surface area contributed by atoms with Gasteiger partial charge in [0.1, 0.15) is 18.1 Å². The Kier molecular flexibility index (Phi) is 4.52. The van der Waals surface area contributed by atoms with Crippen LogP contribution in [-0.2, 0) is 11.3 Å². The first-order chi connectivity index (χ1) is 9.67. The molecule has 0 aliphatic heterocycles. The van der Waals surface area contributed by atoms with Gasteiger partial charge in [-0.1, -0.05) is 13.0 Å². The quantitative estimate of drug-likeness (QED) is 0.790. The highest BCUT2D eigenvalue weighted by atomic mass is 32.1. The molecule has 0 spiro atoms. The molecule has 0 bridgehead atoms. The van der Waals surface area contributed by atoms with Crippen LogP contribution in [0.3, 0.4) is 0 Å². The van der Waals surface area contributed by atoms with E-state index in [1.165, 1.54) is 16.0 Å². The zero-order valence-electron chi connectivity index (χ0n) is 11.1. The third-order valence-electron chi connectivity index (χ3n) is 2.77. The molecule has 0 aliphatic carbocycles. The van der Waals surface area contributed by atoms with Crippen LogP contribution in [0.15, 0.2) is 17.5 Å². The van der Waals surface area contributed by atoms with Gasteiger partial charge in [0.15, 0.2) is 6.29 Å². The molecule has 0 saturated carbocycles. The van der Waals surface area contributed by atoms with Crippen LogP contribution in [0.5, 0.6) is 0 Å². The molecular formula is C13H16N4O2S. The number of nitrogens with one attached hydrogen (secondary N) is 1. The molecule has 0 radical (unpaired) electrons. The largest absolute Gasteiger partial charge is 0.383 e. The normalized spacial score (nSPS) is 10.4. The second-order valence-electron chi connectivity index (χ2n) is 4.25. The summed E-state index contributed by atoms with van der Waals surface area (Å²) in [7, 11) is 0. The molecule has 0 aromatic carbocycles. The zero-order valence-corrected chi connectivity index (χ0v) is 11.9. The highest BCUT2D eigenvalue weighted by Gasteiger charge is 2.18. The standard InChI is InChI=1S/C13H16N4O2S/c1-2-5-15-11(19)7-17-13(14)9(8-18)12(16-17)10-4-3-6-20-10/h3-4,6,8H,2,5,7,14H2,1H3,(H,15,19). The van der Waals surface area contributed by atoms with Gasteiger partial charge in [0.25, 0.3) is 0 Å². The summed E-state index contributed by atoms with van der Waals surface area (Å²) in [6, 6.07) is 3.73. The van der Waals surface area contributed by atoms with Crippen LogP contribution in [0.25, 0.3) is 10.6 Å². The van der Waals surface area contributed by atoms with E-state index in [-0.39, 0.29) is 18.3 Å². The van der Waals surface area contributed by atoms with Crippen LogP contribution in [-0.4, -0.2) is 28.5 Å². The van der Waals surface area contributed by atoms with Crippen molar-refractivity contribution in [2.24, 2.45) is 0 Å². The summed E-state index contributed by atoms with van der Waals surface area (Å²) in [5, 5.41) is 8.93. The van der Waals surface area contributed by atoms with Gasteiger partial charge in [-0.05, 0) is 17.9 Å². The fraction of sp³-hybridized carbons (Fsp3) is 0.308. The molecule has 2 aromatic rings. The van der Waals surface area contributed by atoms with Gasteiger partial charge in [-0.25, -0.2) is 4.68 Å². The van der Waals surface area contributed by atoms with Crippen molar-refractivity contribution < 1.29 is 9.59 Å². The number of hydrogen-bond donors (Lipinski definition) is 2. The van der Waals surface area contributed by atoms with E-state index in [0.717, 1.165) is 11.3 Å². The second kappa shape index (κ2) is 6.33. The van der Waals surface area contributed by atoms with Crippen LogP contribution < -0.4 is 11.1 Å². The van der Waals surface area contributed by atoms with E-state index in [4.69, 9.17) is 5.73 Å². The third kappa shape index (κ3) is 2.88. The highest BCUT2D eigenvalue weighted by Crippen LogP contribution is 2.29. The fourth-order valence-electron chi connectivity index (χ4n) is 1.78. The summed E-state index contributed by atoms with van der Waals surface area (Å²) in [5.74, 6) is 0.0475. The van der Waals surface area contributed by atoms with Crippen molar-refractivity contribution in [3.05, 3.63) is 23.1 Å². The minimum Gasteiger partial charge on any atom is -0.383 e. The van der Waals surface area contributed by atoms with Gasteiger partial charge in [0.2, 0.25) is 5.91 Å². The van der Waals surface area contributed by atoms with Crippen molar-refractivity contribution in [2.75, 3.05) is 12.3 Å². The highest BCUT2D eigenvalue weighted by molar-refractivity contribution is 7.13. The fourth-order valence-corrected chi connectivity index (χ4v) is 2.50. The summed E-state index contributed by atoms with van der Waals surface area (Å²) in [4.78, 5) is 23.7. The molecule has 20 heavy (non-hydrogen) atoms. The summed E-state index contributed by atoms with van der Waals surface area (Å²) < 4.78 is 1.36. The molecule has 0 fully saturated rings. The van der Waals surface area contributed by atoms with E-state index >= 15 is 0 Å². The Labute approximate surface area is 120 Å². The lowest BCUT2D eigenvalue weighted by Crippen LogP contribution is -2.29. The number of rotatable bonds is 6. The summed E-state index contributed by atoms with van der Waals surface area (Å²) in [6.45, 7) is 2.60. The van der Waals surface area contributed by atoms with E-state index in [9.17, 15) is 9.59 Å². The zero-order chi connectivity index (χ0) is 14.5. The number of hydrogen-bond acceptors (Lipinski definition) is 5. The van der Waals surface area contributed by atoms with Crippen molar-refractivity contribution in [1.82, 2.24) is 15.1 Å². The molecule has 1 amide bonds. The second-order valence-corrected chi connectivity index (χ2v) is 5.20. The van der Waals surface area contributed by atoms with E-state index in [2.05, 4.69) is 10.4 Å². The number of nitrogens with zero attached hydrogens (tertiary/aromatic N) is 2. The number of nitrogens with two attached hydrogens (primary N) is 1.